The maximum Gasteiger partial charge on any atom is 0.422 e. The summed E-state index contributed by atoms with van der Waals surface area (Å²) in [6.45, 7) is 0.338. The fourth-order valence-electron chi connectivity index (χ4n) is 1.68. The highest BCUT2D eigenvalue weighted by atomic mass is 35.5. The molecule has 0 spiro atoms. The number of nitrogens with zero attached hydrogens (tertiary/aromatic N) is 2. The molecular weight excluding hydrogens is 355 g/mol. The van der Waals surface area contributed by atoms with Gasteiger partial charge in [-0.25, -0.2) is 0 Å². The fourth-order valence-corrected chi connectivity index (χ4v) is 2.49. The van der Waals surface area contributed by atoms with Gasteiger partial charge in [0.05, 0.1) is 11.4 Å². The first-order valence-electron chi connectivity index (χ1n) is 6.42. The number of hydrogen-bond donors (Lipinski definition) is 1. The molecule has 0 saturated heterocycles. The molecule has 0 radical (unpaired) electrons. The normalized spacial score (nSPS) is 11.3. The predicted octanol–water partition coefficient (Wildman–Crippen LogP) is 3.95. The number of aryl methyl sites for hydroxylation is 1. The quantitative estimate of drug-likeness (QED) is 0.871. The lowest BCUT2D eigenvalue weighted by atomic mass is 10.2. The summed E-state index contributed by atoms with van der Waals surface area (Å²) in [7, 11) is 0. The van der Waals surface area contributed by atoms with Crippen LogP contribution in [0, 0.1) is 0 Å². The van der Waals surface area contributed by atoms with E-state index in [2.05, 4.69) is 14.9 Å². The maximum atomic E-state index is 12.3. The van der Waals surface area contributed by atoms with Crippen LogP contribution < -0.4 is 10.1 Å². The van der Waals surface area contributed by atoms with E-state index in [1.807, 2.05) is 6.92 Å². The molecule has 1 aromatic carbocycles. The maximum absolute atomic E-state index is 12.3. The molecule has 23 heavy (non-hydrogen) atoms. The predicted molar refractivity (Wildman–Crippen MR) is 80.2 cm³/mol. The number of rotatable bonds is 5. The fraction of sp³-hybridized carbons (Fsp3) is 0.308. The van der Waals surface area contributed by atoms with Crippen molar-refractivity contribution in [2.75, 3.05) is 11.9 Å². The zero-order valence-electron chi connectivity index (χ0n) is 11.8. The molecule has 0 atom stereocenters. The van der Waals surface area contributed by atoms with Crippen molar-refractivity contribution in [2.45, 2.75) is 19.5 Å². The van der Waals surface area contributed by atoms with Crippen LogP contribution in [0.4, 0.5) is 18.9 Å². The van der Waals surface area contributed by atoms with E-state index < -0.39 is 18.7 Å². The van der Waals surface area contributed by atoms with Crippen LogP contribution in [0.1, 0.15) is 22.3 Å². The van der Waals surface area contributed by atoms with Crippen LogP contribution in [0.3, 0.4) is 0 Å². The molecule has 124 valence electrons. The second-order valence-electron chi connectivity index (χ2n) is 4.40. The van der Waals surface area contributed by atoms with E-state index in [1.165, 1.54) is 18.2 Å². The number of halogens is 4. The smallest absolute Gasteiger partial charge is 0.422 e. The largest absolute Gasteiger partial charge is 0.482 e. The van der Waals surface area contributed by atoms with Gasteiger partial charge in [-0.05, 0) is 36.2 Å². The molecule has 10 heteroatoms. The highest BCUT2D eigenvalue weighted by Gasteiger charge is 2.29. The molecule has 1 N–H and O–H groups in total. The molecule has 1 amide bonds. The molecule has 0 aliphatic heterocycles. The second-order valence-corrected chi connectivity index (χ2v) is 5.59. The van der Waals surface area contributed by atoms with E-state index in [4.69, 9.17) is 16.3 Å². The molecule has 0 aliphatic rings. The molecule has 5 nitrogen and oxygen atoms in total. The number of nitrogens with one attached hydrogen (secondary N) is 1. The van der Waals surface area contributed by atoms with Gasteiger partial charge in [-0.3, -0.25) is 4.79 Å². The number of aromatic nitrogens is 2. The van der Waals surface area contributed by atoms with Crippen molar-refractivity contribution in [1.29, 1.82) is 0 Å². The van der Waals surface area contributed by atoms with Crippen molar-refractivity contribution in [1.82, 2.24) is 9.59 Å². The van der Waals surface area contributed by atoms with Gasteiger partial charge in [-0.15, -0.1) is 5.10 Å². The molecule has 0 saturated carbocycles. The molecule has 2 aromatic rings. The van der Waals surface area contributed by atoms with Crippen LogP contribution >= 0.6 is 23.1 Å². The van der Waals surface area contributed by atoms with Crippen molar-refractivity contribution in [3.8, 4) is 5.75 Å². The van der Waals surface area contributed by atoms with E-state index in [-0.39, 0.29) is 21.3 Å². The zero-order valence-corrected chi connectivity index (χ0v) is 13.3. The molecular formula is C13H11ClF3N3O2S. The third-order valence-electron chi connectivity index (χ3n) is 2.68. The highest BCUT2D eigenvalue weighted by Crippen LogP contribution is 2.30. The SMILES string of the molecule is CCc1nnsc1C(=O)Nc1cc(Cl)ccc1OCC(F)(F)F. The highest BCUT2D eigenvalue weighted by molar-refractivity contribution is 7.08. The topological polar surface area (TPSA) is 64.1 Å². The molecule has 0 aliphatic carbocycles. The van der Waals surface area contributed by atoms with Gasteiger partial charge in [0.2, 0.25) is 0 Å². The van der Waals surface area contributed by atoms with Crippen LogP contribution in [-0.4, -0.2) is 28.3 Å². The van der Waals surface area contributed by atoms with Crippen LogP contribution in [0.2, 0.25) is 5.02 Å². The minimum Gasteiger partial charge on any atom is -0.482 e. The van der Waals surface area contributed by atoms with Gasteiger partial charge in [-0.1, -0.05) is 23.0 Å². The Bertz CT molecular complexity index is 706. The number of alkyl halides is 3. The molecule has 0 unspecified atom stereocenters. The zero-order chi connectivity index (χ0) is 17.0. The second kappa shape index (κ2) is 7.14. The Morgan fingerprint density at radius 3 is 2.83 bits per heavy atom. The summed E-state index contributed by atoms with van der Waals surface area (Å²) in [5.41, 5.74) is 0.550. The summed E-state index contributed by atoms with van der Waals surface area (Å²) in [6, 6.07) is 3.94. The van der Waals surface area contributed by atoms with E-state index in [0.717, 1.165) is 11.5 Å². The molecule has 1 aromatic heterocycles. The Balaban J connectivity index is 2.21. The van der Waals surface area contributed by atoms with Crippen molar-refractivity contribution in [3.63, 3.8) is 0 Å². The van der Waals surface area contributed by atoms with Gasteiger partial charge in [0, 0.05) is 5.02 Å². The monoisotopic (exact) mass is 365 g/mol. The third kappa shape index (κ3) is 4.80. The van der Waals surface area contributed by atoms with Crippen molar-refractivity contribution >= 4 is 34.7 Å². The molecule has 0 bridgehead atoms. The third-order valence-corrected chi connectivity index (χ3v) is 3.68. The van der Waals surface area contributed by atoms with Crippen LogP contribution in [-0.2, 0) is 6.42 Å². The van der Waals surface area contributed by atoms with E-state index >= 15 is 0 Å². The molecule has 1 heterocycles. The average molecular weight is 366 g/mol. The first-order valence-corrected chi connectivity index (χ1v) is 7.57. The van der Waals surface area contributed by atoms with Crippen LogP contribution in [0.15, 0.2) is 18.2 Å². The number of ether oxygens (including phenoxy) is 1. The Morgan fingerprint density at radius 1 is 1.43 bits per heavy atom. The van der Waals surface area contributed by atoms with Crippen molar-refractivity contribution in [2.24, 2.45) is 0 Å². The van der Waals surface area contributed by atoms with Gasteiger partial charge in [-0.2, -0.15) is 13.2 Å². The van der Waals surface area contributed by atoms with Gasteiger partial charge in [0.25, 0.3) is 5.91 Å². The first kappa shape index (κ1) is 17.5. The van der Waals surface area contributed by atoms with Crippen LogP contribution in [0.25, 0.3) is 0 Å². The van der Waals surface area contributed by atoms with E-state index in [9.17, 15) is 18.0 Å². The lowest BCUT2D eigenvalue weighted by molar-refractivity contribution is -0.153. The average Bonchev–Trinajstić information content (AvgIpc) is 2.94. The number of amides is 1. The minimum atomic E-state index is -4.49. The van der Waals surface area contributed by atoms with E-state index in [1.54, 1.807) is 0 Å². The van der Waals surface area contributed by atoms with Crippen molar-refractivity contribution < 1.29 is 22.7 Å². The summed E-state index contributed by atoms with van der Waals surface area (Å²) in [5, 5.41) is 6.53. The molecule has 2 rings (SSSR count). The summed E-state index contributed by atoms with van der Waals surface area (Å²) in [5.74, 6) is -0.661. The van der Waals surface area contributed by atoms with Crippen molar-refractivity contribution in [3.05, 3.63) is 33.8 Å². The number of anilines is 1. The Labute approximate surface area is 138 Å². The molecule has 0 fully saturated rings. The summed E-state index contributed by atoms with van der Waals surface area (Å²) < 4.78 is 45.2. The van der Waals surface area contributed by atoms with Gasteiger partial charge < -0.3 is 10.1 Å². The summed E-state index contributed by atoms with van der Waals surface area (Å²) in [6.07, 6.45) is -3.98. The lowest BCUT2D eigenvalue weighted by Crippen LogP contribution is -2.20. The lowest BCUT2D eigenvalue weighted by Gasteiger charge is -2.14. The van der Waals surface area contributed by atoms with Gasteiger partial charge >= 0.3 is 6.18 Å². The number of benzene rings is 1. The number of carbonyl (C=O) groups is 1. The van der Waals surface area contributed by atoms with Gasteiger partial charge in [0.1, 0.15) is 10.6 Å². The number of hydrogen-bond acceptors (Lipinski definition) is 5. The summed E-state index contributed by atoms with van der Waals surface area (Å²) >= 11 is 6.72. The number of carbonyl (C=O) groups excluding carboxylic acids is 1. The van der Waals surface area contributed by atoms with Crippen LogP contribution in [0.5, 0.6) is 5.75 Å². The van der Waals surface area contributed by atoms with E-state index in [0.29, 0.717) is 12.1 Å². The summed E-state index contributed by atoms with van der Waals surface area (Å²) in [4.78, 5) is 12.5. The Morgan fingerprint density at radius 2 is 2.17 bits per heavy atom. The Hall–Kier alpha value is -1.87. The minimum absolute atomic E-state index is 0.0437. The first-order chi connectivity index (χ1) is 10.8. The van der Waals surface area contributed by atoms with Gasteiger partial charge in [0.15, 0.2) is 6.61 Å². The standard InChI is InChI=1S/C13H11ClF3N3O2S/c1-2-8-11(23-20-19-8)12(21)18-9-5-7(14)3-4-10(9)22-6-13(15,16)17/h3-5H,2,6H2,1H3,(H,18,21). The Kier molecular flexibility index (Phi) is 5.42.